The van der Waals surface area contributed by atoms with Crippen molar-refractivity contribution >= 4 is 40.8 Å². The van der Waals surface area contributed by atoms with Crippen LogP contribution in [0.1, 0.15) is 23.0 Å². The maximum atomic E-state index is 11.6. The van der Waals surface area contributed by atoms with Crippen LogP contribution in [0.25, 0.3) is 11.3 Å². The molecule has 0 bridgehead atoms. The summed E-state index contributed by atoms with van der Waals surface area (Å²) in [5, 5.41) is 10.6. The number of nitrogens with zero attached hydrogens (tertiary/aromatic N) is 1. The fourth-order valence-corrected chi connectivity index (χ4v) is 3.19. The predicted octanol–water partition coefficient (Wildman–Crippen LogP) is 6.38. The van der Waals surface area contributed by atoms with Crippen molar-refractivity contribution in [2.45, 2.75) is 13.5 Å². The third-order valence-electron chi connectivity index (χ3n) is 4.00. The molecule has 0 saturated heterocycles. The standard InChI is InChI=1S/C21H16Cl3NO4/c1-2-28-19-10-12(22)6-7-13(19)16-9-8-14(21(26)27)17(25-16)11-29-18-5-3-4-15(23)20(18)24/h3-10H,2,11H2,1H3,(H,26,27). The zero-order valence-electron chi connectivity index (χ0n) is 15.3. The molecule has 5 nitrogen and oxygen atoms in total. The molecule has 0 spiro atoms. The zero-order chi connectivity index (χ0) is 21.0. The van der Waals surface area contributed by atoms with Gasteiger partial charge in [0.2, 0.25) is 0 Å². The molecular formula is C21H16Cl3NO4. The Bertz CT molecular complexity index is 1060. The first-order chi connectivity index (χ1) is 13.9. The number of benzene rings is 2. The number of pyridine rings is 1. The van der Waals surface area contributed by atoms with Crippen molar-refractivity contribution in [1.29, 1.82) is 0 Å². The average Bonchev–Trinajstić information content (AvgIpc) is 2.69. The number of aromatic nitrogens is 1. The van der Waals surface area contributed by atoms with Gasteiger partial charge in [0.05, 0.1) is 28.6 Å². The van der Waals surface area contributed by atoms with Gasteiger partial charge >= 0.3 is 5.97 Å². The predicted molar refractivity (Wildman–Crippen MR) is 114 cm³/mol. The Morgan fingerprint density at radius 3 is 2.55 bits per heavy atom. The van der Waals surface area contributed by atoms with Crippen molar-refractivity contribution in [3.8, 4) is 22.8 Å². The summed E-state index contributed by atoms with van der Waals surface area (Å²) in [6.07, 6.45) is 0. The summed E-state index contributed by atoms with van der Waals surface area (Å²) in [6.45, 7) is 2.20. The number of carboxylic acids is 1. The normalized spacial score (nSPS) is 10.6. The maximum Gasteiger partial charge on any atom is 0.337 e. The van der Waals surface area contributed by atoms with Gasteiger partial charge in [-0.25, -0.2) is 9.78 Å². The molecule has 0 fully saturated rings. The minimum Gasteiger partial charge on any atom is -0.493 e. The molecule has 0 unspecified atom stereocenters. The van der Waals surface area contributed by atoms with E-state index in [2.05, 4.69) is 4.98 Å². The highest BCUT2D eigenvalue weighted by atomic mass is 35.5. The van der Waals surface area contributed by atoms with E-state index in [1.165, 1.54) is 6.07 Å². The fourth-order valence-electron chi connectivity index (χ4n) is 2.68. The second-order valence-electron chi connectivity index (χ2n) is 5.91. The van der Waals surface area contributed by atoms with E-state index in [1.807, 2.05) is 6.92 Å². The SMILES string of the molecule is CCOc1cc(Cl)ccc1-c1ccc(C(=O)O)c(COc2cccc(Cl)c2Cl)n1. The van der Waals surface area contributed by atoms with E-state index < -0.39 is 5.97 Å². The Labute approximate surface area is 182 Å². The number of aromatic carboxylic acids is 1. The molecule has 1 aromatic heterocycles. The van der Waals surface area contributed by atoms with E-state index in [-0.39, 0.29) is 22.9 Å². The first-order valence-corrected chi connectivity index (χ1v) is 9.76. The Morgan fingerprint density at radius 2 is 1.83 bits per heavy atom. The molecule has 29 heavy (non-hydrogen) atoms. The van der Waals surface area contributed by atoms with Crippen molar-refractivity contribution in [2.24, 2.45) is 0 Å². The molecule has 8 heteroatoms. The van der Waals surface area contributed by atoms with Gasteiger partial charge in [0.25, 0.3) is 0 Å². The lowest BCUT2D eigenvalue weighted by Gasteiger charge is -2.14. The molecule has 0 amide bonds. The minimum absolute atomic E-state index is 0.0267. The van der Waals surface area contributed by atoms with Gasteiger partial charge in [0, 0.05) is 10.6 Å². The van der Waals surface area contributed by atoms with Crippen LogP contribution in [-0.4, -0.2) is 22.7 Å². The maximum absolute atomic E-state index is 11.6. The van der Waals surface area contributed by atoms with Crippen molar-refractivity contribution in [2.75, 3.05) is 6.61 Å². The Balaban J connectivity index is 1.99. The molecule has 3 aromatic rings. The van der Waals surface area contributed by atoms with Gasteiger partial charge in [-0.05, 0) is 49.4 Å². The van der Waals surface area contributed by atoms with Gasteiger partial charge in [-0.15, -0.1) is 0 Å². The van der Waals surface area contributed by atoms with Gasteiger partial charge in [0.1, 0.15) is 23.1 Å². The first-order valence-electron chi connectivity index (χ1n) is 8.63. The number of rotatable bonds is 7. The van der Waals surface area contributed by atoms with Gasteiger partial charge in [-0.3, -0.25) is 0 Å². The summed E-state index contributed by atoms with van der Waals surface area (Å²) in [7, 11) is 0. The van der Waals surface area contributed by atoms with Crippen molar-refractivity contribution in [3.63, 3.8) is 0 Å². The van der Waals surface area contributed by atoms with Gasteiger partial charge in [-0.2, -0.15) is 0 Å². The van der Waals surface area contributed by atoms with E-state index in [1.54, 1.807) is 42.5 Å². The number of ether oxygens (including phenoxy) is 2. The van der Waals surface area contributed by atoms with Gasteiger partial charge in [-0.1, -0.05) is 40.9 Å². The van der Waals surface area contributed by atoms with E-state index in [9.17, 15) is 9.90 Å². The Kier molecular flexibility index (Phi) is 6.85. The number of carboxylic acid groups (broad SMARTS) is 1. The third kappa shape index (κ3) is 4.93. The second kappa shape index (κ2) is 9.35. The smallest absolute Gasteiger partial charge is 0.337 e. The van der Waals surface area contributed by atoms with Crippen LogP contribution in [-0.2, 0) is 6.61 Å². The van der Waals surface area contributed by atoms with E-state index >= 15 is 0 Å². The van der Waals surface area contributed by atoms with Crippen LogP contribution in [0.4, 0.5) is 0 Å². The monoisotopic (exact) mass is 451 g/mol. The summed E-state index contributed by atoms with van der Waals surface area (Å²) >= 11 is 18.2. The van der Waals surface area contributed by atoms with E-state index in [4.69, 9.17) is 44.3 Å². The summed E-state index contributed by atoms with van der Waals surface area (Å²) in [6, 6.07) is 13.2. The molecule has 1 heterocycles. The average molecular weight is 453 g/mol. The summed E-state index contributed by atoms with van der Waals surface area (Å²) in [5.74, 6) is -0.217. The van der Waals surface area contributed by atoms with Crippen molar-refractivity contribution in [3.05, 3.63) is 74.9 Å². The third-order valence-corrected chi connectivity index (χ3v) is 5.04. The lowest BCUT2D eigenvalue weighted by molar-refractivity contribution is 0.0693. The highest BCUT2D eigenvalue weighted by molar-refractivity contribution is 6.42. The number of halogens is 3. The molecule has 0 radical (unpaired) electrons. The highest BCUT2D eigenvalue weighted by Gasteiger charge is 2.17. The van der Waals surface area contributed by atoms with E-state index in [0.717, 1.165) is 0 Å². The molecule has 0 atom stereocenters. The van der Waals surface area contributed by atoms with Crippen LogP contribution in [0.15, 0.2) is 48.5 Å². The number of carbonyl (C=O) groups is 1. The summed E-state index contributed by atoms with van der Waals surface area (Å²) in [4.78, 5) is 16.1. The van der Waals surface area contributed by atoms with Crippen LogP contribution >= 0.6 is 34.8 Å². The molecule has 0 aliphatic rings. The van der Waals surface area contributed by atoms with Crippen LogP contribution in [0.3, 0.4) is 0 Å². The number of hydrogen-bond donors (Lipinski definition) is 1. The molecule has 150 valence electrons. The Hall–Kier alpha value is -2.47. The quantitative estimate of drug-likeness (QED) is 0.450. The second-order valence-corrected chi connectivity index (χ2v) is 7.13. The molecule has 0 aliphatic carbocycles. The van der Waals surface area contributed by atoms with Crippen molar-refractivity contribution in [1.82, 2.24) is 4.98 Å². The molecular weight excluding hydrogens is 437 g/mol. The summed E-state index contributed by atoms with van der Waals surface area (Å²) < 4.78 is 11.3. The molecule has 1 N–H and O–H groups in total. The van der Waals surface area contributed by atoms with Crippen LogP contribution in [0.2, 0.25) is 15.1 Å². The van der Waals surface area contributed by atoms with Gasteiger partial charge < -0.3 is 14.6 Å². The molecule has 0 saturated carbocycles. The Morgan fingerprint density at radius 1 is 1.03 bits per heavy atom. The summed E-state index contributed by atoms with van der Waals surface area (Å²) in [5.41, 5.74) is 1.49. The van der Waals surface area contributed by atoms with Crippen LogP contribution < -0.4 is 9.47 Å². The van der Waals surface area contributed by atoms with E-state index in [0.29, 0.717) is 39.4 Å². The fraction of sp³-hybridized carbons (Fsp3) is 0.143. The topological polar surface area (TPSA) is 68.7 Å². The van der Waals surface area contributed by atoms with Crippen LogP contribution in [0.5, 0.6) is 11.5 Å². The molecule has 3 rings (SSSR count). The minimum atomic E-state index is -1.11. The lowest BCUT2D eigenvalue weighted by atomic mass is 10.1. The molecule has 2 aromatic carbocycles. The van der Waals surface area contributed by atoms with Crippen molar-refractivity contribution < 1.29 is 19.4 Å². The first kappa shape index (κ1) is 21.2. The van der Waals surface area contributed by atoms with Crippen LogP contribution in [0, 0.1) is 0 Å². The molecule has 0 aliphatic heterocycles. The lowest BCUT2D eigenvalue weighted by Crippen LogP contribution is -2.09. The largest absolute Gasteiger partial charge is 0.493 e. The highest BCUT2D eigenvalue weighted by Crippen LogP contribution is 2.34. The number of hydrogen-bond acceptors (Lipinski definition) is 4. The van der Waals surface area contributed by atoms with Gasteiger partial charge in [0.15, 0.2) is 0 Å². The zero-order valence-corrected chi connectivity index (χ0v) is 17.6.